The van der Waals surface area contributed by atoms with E-state index in [9.17, 15) is 9.90 Å². The molecule has 0 saturated heterocycles. The zero-order chi connectivity index (χ0) is 15.7. The minimum Gasteiger partial charge on any atom is -0.393 e. The lowest BCUT2D eigenvalue weighted by Crippen LogP contribution is -2.51. The van der Waals surface area contributed by atoms with E-state index in [1.165, 1.54) is 24.8 Å². The van der Waals surface area contributed by atoms with Gasteiger partial charge in [-0.3, -0.25) is 4.79 Å². The number of allylic oxidation sites excluding steroid dienone is 2. The van der Waals surface area contributed by atoms with E-state index < -0.39 is 0 Å². The first-order valence-electron chi connectivity index (χ1n) is 8.97. The second kappa shape index (κ2) is 4.56. The molecule has 4 rings (SSSR count). The summed E-state index contributed by atoms with van der Waals surface area (Å²) in [6.45, 7) is 8.73. The molecule has 3 fully saturated rings. The van der Waals surface area contributed by atoms with Gasteiger partial charge in [-0.05, 0) is 85.2 Å². The van der Waals surface area contributed by atoms with Crippen LogP contribution in [0.5, 0.6) is 0 Å². The normalized spacial score (nSPS) is 51.0. The number of aliphatic hydroxyl groups excluding tert-OH is 1. The monoisotopic (exact) mass is 300 g/mol. The van der Waals surface area contributed by atoms with Crippen LogP contribution in [0.2, 0.25) is 0 Å². The van der Waals surface area contributed by atoms with Gasteiger partial charge in [-0.25, -0.2) is 0 Å². The Morgan fingerprint density at radius 2 is 1.95 bits per heavy atom. The predicted molar refractivity (Wildman–Crippen MR) is 87.2 cm³/mol. The number of carbonyl (C=O) groups excluding carboxylic acids is 1. The molecule has 4 aliphatic carbocycles. The second-order valence-electron chi connectivity index (χ2n) is 8.78. The highest BCUT2D eigenvalue weighted by Gasteiger charge is 2.58. The zero-order valence-corrected chi connectivity index (χ0v) is 13.9. The van der Waals surface area contributed by atoms with Gasteiger partial charge in [-0.2, -0.15) is 0 Å². The Morgan fingerprint density at radius 1 is 1.18 bits per heavy atom. The van der Waals surface area contributed by atoms with Gasteiger partial charge in [0, 0.05) is 0 Å². The third kappa shape index (κ3) is 1.73. The Bertz CT molecular complexity index is 574. The van der Waals surface area contributed by atoms with Crippen molar-refractivity contribution >= 4 is 5.78 Å². The Kier molecular flexibility index (Phi) is 3.05. The smallest absolute Gasteiger partial charge is 0.181 e. The van der Waals surface area contributed by atoms with Crippen LogP contribution in [0, 0.1) is 28.6 Å². The molecule has 0 radical (unpaired) electrons. The SMILES string of the molecule is C=C1C[C@@]2(C)C(=CC1=O)CC[C@@H]1[C@H]3CC[C@@H](O)[C@]3(C)CC[C@H]12. The van der Waals surface area contributed by atoms with E-state index in [1.54, 1.807) is 0 Å². The summed E-state index contributed by atoms with van der Waals surface area (Å²) in [5, 5.41) is 10.5. The molecule has 0 bridgehead atoms. The Hall–Kier alpha value is -0.890. The molecule has 0 aliphatic heterocycles. The van der Waals surface area contributed by atoms with Gasteiger partial charge in [0.05, 0.1) is 6.10 Å². The van der Waals surface area contributed by atoms with E-state index in [2.05, 4.69) is 20.4 Å². The van der Waals surface area contributed by atoms with E-state index in [1.807, 2.05) is 6.08 Å². The molecule has 0 aromatic rings. The maximum atomic E-state index is 12.0. The summed E-state index contributed by atoms with van der Waals surface area (Å²) in [5.74, 6) is 2.22. The molecule has 1 N–H and O–H groups in total. The number of rotatable bonds is 0. The molecule has 0 aromatic carbocycles. The fourth-order valence-corrected chi connectivity index (χ4v) is 6.57. The van der Waals surface area contributed by atoms with Crippen LogP contribution in [0.25, 0.3) is 0 Å². The van der Waals surface area contributed by atoms with Crippen molar-refractivity contribution in [2.45, 2.75) is 64.9 Å². The van der Waals surface area contributed by atoms with Crippen molar-refractivity contribution < 1.29 is 9.90 Å². The molecule has 2 nitrogen and oxygen atoms in total. The summed E-state index contributed by atoms with van der Waals surface area (Å²) in [5.41, 5.74) is 2.46. The van der Waals surface area contributed by atoms with Gasteiger partial charge in [0.15, 0.2) is 5.78 Å². The van der Waals surface area contributed by atoms with Crippen molar-refractivity contribution in [3.05, 3.63) is 23.8 Å². The van der Waals surface area contributed by atoms with Crippen LogP contribution in [-0.2, 0) is 4.79 Å². The maximum Gasteiger partial charge on any atom is 0.181 e. The standard InChI is InChI=1S/C20H28O2/c1-12-11-20(3)13(10-17(12)21)4-5-14-15-6-7-18(22)19(15,2)9-8-16(14)20/h10,14-16,18,22H,1,4-9,11H2,2-3H3/t14-,15-,16-,18-,19-,20+/m1/s1. The Morgan fingerprint density at radius 3 is 2.73 bits per heavy atom. The van der Waals surface area contributed by atoms with Crippen molar-refractivity contribution in [2.24, 2.45) is 28.6 Å². The minimum absolute atomic E-state index is 0.105. The molecule has 0 heterocycles. The summed E-state index contributed by atoms with van der Waals surface area (Å²) in [6, 6.07) is 0. The van der Waals surface area contributed by atoms with Gasteiger partial charge in [-0.15, -0.1) is 0 Å². The number of fused-ring (bicyclic) bond motifs is 5. The molecular formula is C20H28O2. The number of carbonyl (C=O) groups is 1. The summed E-state index contributed by atoms with van der Waals surface area (Å²) in [7, 11) is 0. The third-order valence-corrected chi connectivity index (χ3v) is 7.92. The molecule has 2 heteroatoms. The van der Waals surface area contributed by atoms with Gasteiger partial charge < -0.3 is 5.11 Å². The predicted octanol–water partition coefficient (Wildman–Crippen LogP) is 4.05. The number of hydrogen-bond donors (Lipinski definition) is 1. The molecule has 0 aromatic heterocycles. The molecular weight excluding hydrogens is 272 g/mol. The average Bonchev–Trinajstić information content (AvgIpc) is 2.77. The van der Waals surface area contributed by atoms with Gasteiger partial charge >= 0.3 is 0 Å². The number of ketones is 1. The van der Waals surface area contributed by atoms with Crippen molar-refractivity contribution in [1.82, 2.24) is 0 Å². The van der Waals surface area contributed by atoms with E-state index in [-0.39, 0.29) is 22.7 Å². The first-order chi connectivity index (χ1) is 10.4. The first-order valence-corrected chi connectivity index (χ1v) is 8.97. The number of hydrogen-bond acceptors (Lipinski definition) is 2. The lowest BCUT2D eigenvalue weighted by molar-refractivity contribution is -0.113. The lowest BCUT2D eigenvalue weighted by atomic mass is 9.47. The van der Waals surface area contributed by atoms with E-state index in [0.717, 1.165) is 37.2 Å². The van der Waals surface area contributed by atoms with Crippen LogP contribution in [-0.4, -0.2) is 17.0 Å². The van der Waals surface area contributed by atoms with Crippen molar-refractivity contribution in [3.8, 4) is 0 Å². The highest BCUT2D eigenvalue weighted by atomic mass is 16.3. The molecule has 3 saturated carbocycles. The zero-order valence-electron chi connectivity index (χ0n) is 13.9. The largest absolute Gasteiger partial charge is 0.393 e. The fourth-order valence-electron chi connectivity index (χ4n) is 6.57. The number of aliphatic hydroxyl groups is 1. The van der Waals surface area contributed by atoms with Gasteiger partial charge in [-0.1, -0.05) is 26.0 Å². The molecule has 0 spiro atoms. The Labute approximate surface area is 133 Å². The van der Waals surface area contributed by atoms with Gasteiger partial charge in [0.2, 0.25) is 0 Å². The third-order valence-electron chi connectivity index (χ3n) is 7.92. The maximum absolute atomic E-state index is 12.0. The van der Waals surface area contributed by atoms with Crippen LogP contribution >= 0.6 is 0 Å². The van der Waals surface area contributed by atoms with Crippen LogP contribution in [0.1, 0.15) is 58.8 Å². The second-order valence-corrected chi connectivity index (χ2v) is 8.78. The molecule has 6 atom stereocenters. The topological polar surface area (TPSA) is 37.3 Å². The van der Waals surface area contributed by atoms with Gasteiger partial charge in [0.1, 0.15) is 0 Å². The highest BCUT2D eigenvalue weighted by Crippen LogP contribution is 2.65. The van der Waals surface area contributed by atoms with E-state index in [0.29, 0.717) is 11.8 Å². The fraction of sp³-hybridized carbons (Fsp3) is 0.750. The van der Waals surface area contributed by atoms with E-state index >= 15 is 0 Å². The highest BCUT2D eigenvalue weighted by molar-refractivity contribution is 6.05. The minimum atomic E-state index is -0.105. The lowest BCUT2D eigenvalue weighted by Gasteiger charge is -2.57. The molecule has 22 heavy (non-hydrogen) atoms. The van der Waals surface area contributed by atoms with Crippen molar-refractivity contribution in [1.29, 1.82) is 0 Å². The molecule has 120 valence electrons. The molecule has 4 aliphatic rings. The summed E-state index contributed by atoms with van der Waals surface area (Å²) in [4.78, 5) is 12.0. The Balaban J connectivity index is 1.71. The summed E-state index contributed by atoms with van der Waals surface area (Å²) >= 11 is 0. The average molecular weight is 300 g/mol. The van der Waals surface area contributed by atoms with Crippen molar-refractivity contribution in [3.63, 3.8) is 0 Å². The summed E-state index contributed by atoms with van der Waals surface area (Å²) in [6.07, 6.45) is 9.43. The first kappa shape index (κ1) is 14.7. The molecule has 0 amide bonds. The van der Waals surface area contributed by atoms with Crippen LogP contribution in [0.3, 0.4) is 0 Å². The van der Waals surface area contributed by atoms with Gasteiger partial charge in [0.25, 0.3) is 0 Å². The van der Waals surface area contributed by atoms with E-state index in [4.69, 9.17) is 0 Å². The van der Waals surface area contributed by atoms with Crippen LogP contribution in [0.15, 0.2) is 23.8 Å². The van der Waals surface area contributed by atoms with Crippen LogP contribution in [0.4, 0.5) is 0 Å². The van der Waals surface area contributed by atoms with Crippen molar-refractivity contribution in [2.75, 3.05) is 0 Å². The quantitative estimate of drug-likeness (QED) is 0.685. The summed E-state index contributed by atoms with van der Waals surface area (Å²) < 4.78 is 0. The molecule has 0 unspecified atom stereocenters. The van der Waals surface area contributed by atoms with Crippen LogP contribution < -0.4 is 0 Å².